The van der Waals surface area contributed by atoms with Crippen molar-refractivity contribution >= 4 is 11.6 Å². The maximum Gasteiger partial charge on any atom is 0.193 e. The molecule has 0 bridgehead atoms. The predicted octanol–water partition coefficient (Wildman–Crippen LogP) is 3.11. The number of anilines is 1. The van der Waals surface area contributed by atoms with E-state index >= 15 is 0 Å². The van der Waals surface area contributed by atoms with Crippen molar-refractivity contribution < 1.29 is 4.74 Å². The van der Waals surface area contributed by atoms with Gasteiger partial charge in [-0.05, 0) is 67.6 Å². The highest BCUT2D eigenvalue weighted by atomic mass is 16.5. The van der Waals surface area contributed by atoms with Gasteiger partial charge in [0.2, 0.25) is 0 Å². The van der Waals surface area contributed by atoms with E-state index in [0.717, 1.165) is 31.7 Å². The zero-order valence-electron chi connectivity index (χ0n) is 13.5. The van der Waals surface area contributed by atoms with Crippen LogP contribution < -0.4 is 11.1 Å². The third-order valence-electron chi connectivity index (χ3n) is 5.04. The van der Waals surface area contributed by atoms with Gasteiger partial charge in [-0.25, -0.2) is 0 Å². The van der Waals surface area contributed by atoms with Gasteiger partial charge >= 0.3 is 0 Å². The molecular weight excluding hydrogens is 274 g/mol. The number of fused-ring (bicyclic) bond motifs is 1. The summed E-state index contributed by atoms with van der Waals surface area (Å²) < 4.78 is 5.19. The number of hydrogen-bond donors (Lipinski definition) is 2. The van der Waals surface area contributed by atoms with Crippen LogP contribution in [0.15, 0.2) is 23.2 Å². The van der Waals surface area contributed by atoms with Crippen LogP contribution in [0.2, 0.25) is 0 Å². The molecule has 1 aromatic carbocycles. The Hall–Kier alpha value is -1.55. The van der Waals surface area contributed by atoms with Crippen LogP contribution >= 0.6 is 0 Å². The standard InChI is InChI=1S/C18H27N3O/c1-22-12-11-18(9-10-18)13-20-17(19)21-16-8-4-6-14-5-2-3-7-15(14)16/h4,6,8H,2-3,5,7,9-13H2,1H3,(H3,19,20,21). The molecule has 0 atom stereocenters. The summed E-state index contributed by atoms with van der Waals surface area (Å²) in [5.41, 5.74) is 10.5. The van der Waals surface area contributed by atoms with Crippen LogP contribution in [0.3, 0.4) is 0 Å². The van der Waals surface area contributed by atoms with Crippen molar-refractivity contribution in [3.8, 4) is 0 Å². The van der Waals surface area contributed by atoms with Crippen molar-refractivity contribution in [2.45, 2.75) is 44.9 Å². The fraction of sp³-hybridized carbons (Fsp3) is 0.611. The van der Waals surface area contributed by atoms with Gasteiger partial charge in [0, 0.05) is 25.9 Å². The average Bonchev–Trinajstić information content (AvgIpc) is 3.32. The molecule has 3 N–H and O–H groups in total. The zero-order valence-corrected chi connectivity index (χ0v) is 13.5. The van der Waals surface area contributed by atoms with Gasteiger partial charge < -0.3 is 15.8 Å². The Kier molecular flexibility index (Phi) is 4.67. The second kappa shape index (κ2) is 6.69. The largest absolute Gasteiger partial charge is 0.385 e. The fourth-order valence-electron chi connectivity index (χ4n) is 3.31. The van der Waals surface area contributed by atoms with Crippen LogP contribution in [0.4, 0.5) is 5.69 Å². The monoisotopic (exact) mass is 301 g/mol. The van der Waals surface area contributed by atoms with Crippen LogP contribution in [0.25, 0.3) is 0 Å². The SMILES string of the molecule is COCCC1(CN=C(N)Nc2cccc3c2CCCC3)CC1. The molecule has 0 radical (unpaired) electrons. The summed E-state index contributed by atoms with van der Waals surface area (Å²) in [5, 5.41) is 3.32. The van der Waals surface area contributed by atoms with E-state index < -0.39 is 0 Å². The maximum atomic E-state index is 6.11. The van der Waals surface area contributed by atoms with Crippen LogP contribution in [0.1, 0.15) is 43.2 Å². The fourth-order valence-corrected chi connectivity index (χ4v) is 3.31. The number of rotatable bonds is 6. The van der Waals surface area contributed by atoms with Gasteiger partial charge in [-0.15, -0.1) is 0 Å². The molecule has 1 fully saturated rings. The van der Waals surface area contributed by atoms with E-state index in [4.69, 9.17) is 10.5 Å². The molecule has 22 heavy (non-hydrogen) atoms. The smallest absolute Gasteiger partial charge is 0.193 e. The maximum absolute atomic E-state index is 6.11. The third kappa shape index (κ3) is 3.61. The number of aliphatic imine (C=N–C) groups is 1. The third-order valence-corrected chi connectivity index (χ3v) is 5.04. The Morgan fingerprint density at radius 3 is 2.91 bits per heavy atom. The first-order chi connectivity index (χ1) is 10.7. The van der Waals surface area contributed by atoms with Crippen molar-refractivity contribution in [2.24, 2.45) is 16.1 Å². The number of nitrogens with two attached hydrogens (primary N) is 1. The van der Waals surface area contributed by atoms with E-state index in [2.05, 4.69) is 28.5 Å². The number of aryl methyl sites for hydroxylation is 1. The van der Waals surface area contributed by atoms with Gasteiger partial charge in [-0.3, -0.25) is 4.99 Å². The lowest BCUT2D eigenvalue weighted by atomic mass is 9.90. The van der Waals surface area contributed by atoms with Crippen LogP contribution in [0.5, 0.6) is 0 Å². The Morgan fingerprint density at radius 1 is 1.32 bits per heavy atom. The van der Waals surface area contributed by atoms with Gasteiger partial charge in [0.05, 0.1) is 0 Å². The number of nitrogens with one attached hydrogen (secondary N) is 1. The van der Waals surface area contributed by atoms with Gasteiger partial charge in [-0.2, -0.15) is 0 Å². The Labute approximate surface area is 133 Å². The van der Waals surface area contributed by atoms with Crippen molar-refractivity contribution in [1.29, 1.82) is 0 Å². The summed E-state index contributed by atoms with van der Waals surface area (Å²) >= 11 is 0. The number of ether oxygens (including phenoxy) is 1. The molecule has 2 aliphatic carbocycles. The average molecular weight is 301 g/mol. The summed E-state index contributed by atoms with van der Waals surface area (Å²) in [5.74, 6) is 0.544. The molecule has 1 saturated carbocycles. The minimum absolute atomic E-state index is 0.346. The summed E-state index contributed by atoms with van der Waals surface area (Å²) in [6, 6.07) is 6.46. The normalized spacial score (nSPS) is 19.6. The van der Waals surface area contributed by atoms with E-state index in [1.54, 1.807) is 7.11 Å². The highest BCUT2D eigenvalue weighted by molar-refractivity contribution is 5.93. The van der Waals surface area contributed by atoms with E-state index in [9.17, 15) is 0 Å². The van der Waals surface area contributed by atoms with E-state index in [1.807, 2.05) is 0 Å². The summed E-state index contributed by atoms with van der Waals surface area (Å²) in [4.78, 5) is 4.58. The first kappa shape index (κ1) is 15.3. The van der Waals surface area contributed by atoms with Crippen LogP contribution in [0, 0.1) is 5.41 Å². The van der Waals surface area contributed by atoms with E-state index in [-0.39, 0.29) is 0 Å². The lowest BCUT2D eigenvalue weighted by Crippen LogP contribution is -2.25. The van der Waals surface area contributed by atoms with Gasteiger partial charge in [0.25, 0.3) is 0 Å². The Balaban J connectivity index is 1.62. The summed E-state index contributed by atoms with van der Waals surface area (Å²) in [7, 11) is 1.76. The molecule has 0 unspecified atom stereocenters. The molecule has 0 aliphatic heterocycles. The van der Waals surface area contributed by atoms with E-state index in [1.165, 1.54) is 43.2 Å². The second-order valence-corrected chi connectivity index (χ2v) is 6.72. The van der Waals surface area contributed by atoms with Crippen molar-refractivity contribution in [2.75, 3.05) is 25.6 Å². The number of methoxy groups -OCH3 is 1. The van der Waals surface area contributed by atoms with Crippen molar-refractivity contribution in [3.63, 3.8) is 0 Å². The molecule has 0 heterocycles. The van der Waals surface area contributed by atoms with E-state index in [0.29, 0.717) is 11.4 Å². The molecule has 3 rings (SSSR count). The molecular formula is C18H27N3O. The number of benzene rings is 1. The topological polar surface area (TPSA) is 59.6 Å². The molecule has 2 aliphatic rings. The molecule has 1 aromatic rings. The minimum Gasteiger partial charge on any atom is -0.385 e. The summed E-state index contributed by atoms with van der Waals surface area (Å²) in [6.07, 6.45) is 8.46. The number of guanidine groups is 1. The number of nitrogens with zero attached hydrogens (tertiary/aromatic N) is 1. The molecule has 4 heteroatoms. The van der Waals surface area contributed by atoms with Gasteiger partial charge in [0.15, 0.2) is 5.96 Å². The first-order valence-corrected chi connectivity index (χ1v) is 8.39. The van der Waals surface area contributed by atoms with Gasteiger partial charge in [-0.1, -0.05) is 12.1 Å². The molecule has 120 valence electrons. The predicted molar refractivity (Wildman–Crippen MR) is 91.4 cm³/mol. The van der Waals surface area contributed by atoms with Gasteiger partial charge in [0.1, 0.15) is 0 Å². The second-order valence-electron chi connectivity index (χ2n) is 6.72. The number of hydrogen-bond acceptors (Lipinski definition) is 2. The van der Waals surface area contributed by atoms with Crippen LogP contribution in [-0.4, -0.2) is 26.2 Å². The minimum atomic E-state index is 0.346. The molecule has 0 aromatic heterocycles. The van der Waals surface area contributed by atoms with Crippen molar-refractivity contribution in [1.82, 2.24) is 0 Å². The Bertz CT molecular complexity index is 549. The highest BCUT2D eigenvalue weighted by Gasteiger charge is 2.41. The first-order valence-electron chi connectivity index (χ1n) is 8.39. The lowest BCUT2D eigenvalue weighted by Gasteiger charge is -2.20. The molecule has 0 saturated heterocycles. The highest BCUT2D eigenvalue weighted by Crippen LogP contribution is 2.48. The quantitative estimate of drug-likeness (QED) is 0.627. The summed E-state index contributed by atoms with van der Waals surface area (Å²) in [6.45, 7) is 1.62. The molecule has 0 spiro atoms. The molecule has 0 amide bonds. The molecule has 4 nitrogen and oxygen atoms in total. The van der Waals surface area contributed by atoms with Crippen molar-refractivity contribution in [3.05, 3.63) is 29.3 Å². The lowest BCUT2D eigenvalue weighted by molar-refractivity contribution is 0.174. The Morgan fingerprint density at radius 2 is 2.14 bits per heavy atom. The van der Waals surface area contributed by atoms with Crippen LogP contribution in [-0.2, 0) is 17.6 Å². The zero-order chi connectivity index (χ0) is 15.4.